The summed E-state index contributed by atoms with van der Waals surface area (Å²) >= 11 is 1.41. The number of benzene rings is 2. The summed E-state index contributed by atoms with van der Waals surface area (Å²) in [6, 6.07) is 12.3. The molecule has 3 rings (SSSR count). The van der Waals surface area contributed by atoms with Crippen LogP contribution < -0.4 is 4.74 Å². The maximum atomic E-state index is 12.7. The molecule has 0 fully saturated rings. The molecule has 10 heteroatoms. The average Bonchev–Trinajstić information content (AvgIpc) is 3.15. The number of amides is 1. The van der Waals surface area contributed by atoms with Gasteiger partial charge in [-0.3, -0.25) is 9.63 Å². The van der Waals surface area contributed by atoms with Crippen LogP contribution in [0.1, 0.15) is 20.8 Å². The van der Waals surface area contributed by atoms with Crippen molar-refractivity contribution in [3.8, 4) is 27.3 Å². The molecule has 186 valence electrons. The van der Waals surface area contributed by atoms with Crippen LogP contribution in [0.15, 0.2) is 51.8 Å². The molecule has 0 unspecified atom stereocenters. The maximum absolute atomic E-state index is 12.7. The first kappa shape index (κ1) is 26.4. The molecule has 3 aromatic rings. The molecule has 0 spiro atoms. The van der Waals surface area contributed by atoms with Crippen molar-refractivity contribution in [2.24, 2.45) is 4.40 Å². The molecule has 0 N–H and O–H groups in total. The lowest BCUT2D eigenvalue weighted by Gasteiger charge is -2.12. The number of carbonyl (C=O) groups is 1. The number of nitrogens with zero attached hydrogens (tertiary/aromatic N) is 3. The molecule has 8 nitrogen and oxygen atoms in total. The quantitative estimate of drug-likeness (QED) is 0.247. The summed E-state index contributed by atoms with van der Waals surface area (Å²) in [5, 5.41) is 1.21. The number of carbonyl (C=O) groups excluding carboxylic acids is 1. The Kier molecular flexibility index (Phi) is 7.99. The van der Waals surface area contributed by atoms with Crippen LogP contribution in [0.2, 0.25) is 0 Å². The first-order chi connectivity index (χ1) is 16.5. The smallest absolute Gasteiger partial charge is 0.287 e. The first-order valence-corrected chi connectivity index (χ1v) is 12.9. The SMILES string of the molecule is COc1ccc(-c2sc(C(=O)N(C)OC)c(C)c2C)cc1-c1ccc(S(=O)(=O)/N=C/N(C)C)cc1. The van der Waals surface area contributed by atoms with Crippen molar-refractivity contribution in [2.45, 2.75) is 18.7 Å². The number of sulfonamides is 1. The van der Waals surface area contributed by atoms with E-state index in [2.05, 4.69) is 4.40 Å². The topological polar surface area (TPSA) is 88.5 Å². The van der Waals surface area contributed by atoms with Gasteiger partial charge in [0.05, 0.1) is 24.0 Å². The number of hydrogen-bond acceptors (Lipinski definition) is 6. The standard InChI is InChI=1S/C25H29N3O5S2/c1-16-17(2)24(25(29)28(5)33-7)34-23(16)19-10-13-22(32-6)21(14-19)18-8-11-20(12-9-18)35(30,31)26-15-27(3)4/h8-15H,1-7H3/b26-15+. The van der Waals surface area contributed by atoms with Gasteiger partial charge >= 0.3 is 0 Å². The highest BCUT2D eigenvalue weighted by Gasteiger charge is 2.22. The van der Waals surface area contributed by atoms with Gasteiger partial charge in [-0.25, -0.2) is 5.06 Å². The fourth-order valence-corrected chi connectivity index (χ4v) is 5.59. The lowest BCUT2D eigenvalue weighted by atomic mass is 9.99. The average molecular weight is 516 g/mol. The zero-order chi connectivity index (χ0) is 25.9. The molecule has 0 radical (unpaired) electrons. The Morgan fingerprint density at radius 1 is 0.971 bits per heavy atom. The van der Waals surface area contributed by atoms with E-state index in [1.54, 1.807) is 45.3 Å². The van der Waals surface area contributed by atoms with Gasteiger partial charge in [-0.05, 0) is 66.4 Å². The number of hydrogen-bond donors (Lipinski definition) is 0. The lowest BCUT2D eigenvalue weighted by Crippen LogP contribution is -2.25. The van der Waals surface area contributed by atoms with Gasteiger partial charge in [0.25, 0.3) is 15.9 Å². The summed E-state index contributed by atoms with van der Waals surface area (Å²) in [7, 11) is 4.23. The summed E-state index contributed by atoms with van der Waals surface area (Å²) < 4.78 is 34.2. The van der Waals surface area contributed by atoms with Crippen LogP contribution in [0.4, 0.5) is 0 Å². The monoisotopic (exact) mass is 515 g/mol. The third-order valence-electron chi connectivity index (χ3n) is 5.54. The molecular formula is C25H29N3O5S2. The van der Waals surface area contributed by atoms with Gasteiger partial charge in [-0.1, -0.05) is 12.1 Å². The second-order valence-electron chi connectivity index (χ2n) is 8.09. The van der Waals surface area contributed by atoms with Crippen molar-refractivity contribution >= 4 is 33.6 Å². The Morgan fingerprint density at radius 3 is 2.17 bits per heavy atom. The van der Waals surface area contributed by atoms with Crippen molar-refractivity contribution < 1.29 is 22.8 Å². The van der Waals surface area contributed by atoms with E-state index >= 15 is 0 Å². The molecule has 0 aliphatic rings. The van der Waals surface area contributed by atoms with Crippen molar-refractivity contribution in [1.82, 2.24) is 9.96 Å². The third-order valence-corrected chi connectivity index (χ3v) is 8.21. The fourth-order valence-electron chi connectivity index (χ4n) is 3.40. The number of methoxy groups -OCH3 is 1. The van der Waals surface area contributed by atoms with E-state index in [-0.39, 0.29) is 10.8 Å². The molecule has 35 heavy (non-hydrogen) atoms. The lowest BCUT2D eigenvalue weighted by molar-refractivity contribution is -0.0754. The highest BCUT2D eigenvalue weighted by Crippen LogP contribution is 2.40. The minimum Gasteiger partial charge on any atom is -0.496 e. The summed E-state index contributed by atoms with van der Waals surface area (Å²) in [6.45, 7) is 3.91. The molecule has 0 atom stereocenters. The summed E-state index contributed by atoms with van der Waals surface area (Å²) in [5.41, 5.74) is 4.44. The Bertz CT molecular complexity index is 1360. The van der Waals surface area contributed by atoms with Crippen LogP contribution in [0.25, 0.3) is 21.6 Å². The zero-order valence-corrected chi connectivity index (χ0v) is 22.5. The second kappa shape index (κ2) is 10.6. The first-order valence-electron chi connectivity index (χ1n) is 10.7. The Morgan fingerprint density at radius 2 is 1.60 bits per heavy atom. The van der Waals surface area contributed by atoms with E-state index < -0.39 is 10.0 Å². The minimum atomic E-state index is -3.79. The molecule has 1 heterocycles. The van der Waals surface area contributed by atoms with E-state index in [9.17, 15) is 13.2 Å². The molecule has 0 saturated carbocycles. The van der Waals surface area contributed by atoms with Gasteiger partial charge in [0, 0.05) is 31.6 Å². The third kappa shape index (κ3) is 5.55. The van der Waals surface area contributed by atoms with E-state index in [0.29, 0.717) is 10.6 Å². The van der Waals surface area contributed by atoms with Gasteiger partial charge in [0.15, 0.2) is 0 Å². The second-order valence-corrected chi connectivity index (χ2v) is 10.7. The molecule has 1 amide bonds. The van der Waals surface area contributed by atoms with Crippen molar-refractivity contribution in [3.63, 3.8) is 0 Å². The number of hydroxylamine groups is 2. The largest absolute Gasteiger partial charge is 0.496 e. The summed E-state index contributed by atoms with van der Waals surface area (Å²) in [5.74, 6) is 0.447. The Balaban J connectivity index is 2.04. The van der Waals surface area contributed by atoms with Crippen LogP contribution in [0.3, 0.4) is 0 Å². The van der Waals surface area contributed by atoms with Crippen LogP contribution in [-0.4, -0.2) is 66.0 Å². The fraction of sp³-hybridized carbons (Fsp3) is 0.280. The minimum absolute atomic E-state index is 0.101. The van der Waals surface area contributed by atoms with Crippen LogP contribution in [-0.2, 0) is 14.9 Å². The number of ether oxygens (including phenoxy) is 1. The Labute approximate surface area is 210 Å². The van der Waals surface area contributed by atoms with Crippen molar-refractivity contribution in [2.75, 3.05) is 35.4 Å². The van der Waals surface area contributed by atoms with Gasteiger partial charge in [0.1, 0.15) is 12.1 Å². The summed E-state index contributed by atoms with van der Waals surface area (Å²) in [6.07, 6.45) is 1.25. The molecule has 1 aromatic heterocycles. The van der Waals surface area contributed by atoms with Crippen molar-refractivity contribution in [3.05, 3.63) is 58.5 Å². The van der Waals surface area contributed by atoms with Gasteiger partial charge in [-0.15, -0.1) is 15.7 Å². The van der Waals surface area contributed by atoms with Crippen LogP contribution >= 0.6 is 11.3 Å². The molecule has 0 aliphatic carbocycles. The zero-order valence-electron chi connectivity index (χ0n) is 20.8. The van der Waals surface area contributed by atoms with Crippen LogP contribution in [0.5, 0.6) is 5.75 Å². The van der Waals surface area contributed by atoms with E-state index in [0.717, 1.165) is 32.7 Å². The molecular weight excluding hydrogens is 486 g/mol. The van der Waals surface area contributed by atoms with Crippen LogP contribution in [0, 0.1) is 13.8 Å². The number of thiophene rings is 1. The number of rotatable bonds is 8. The predicted molar refractivity (Wildman–Crippen MR) is 140 cm³/mol. The molecule has 0 aliphatic heterocycles. The molecule has 0 saturated heterocycles. The highest BCUT2D eigenvalue weighted by molar-refractivity contribution is 7.90. The molecule has 2 aromatic carbocycles. The van der Waals surface area contributed by atoms with Gasteiger partial charge < -0.3 is 9.64 Å². The van der Waals surface area contributed by atoms with E-state index in [1.807, 2.05) is 32.0 Å². The highest BCUT2D eigenvalue weighted by atomic mass is 32.2. The Hall–Kier alpha value is -3.21. The predicted octanol–water partition coefficient (Wildman–Crippen LogP) is 4.62. The van der Waals surface area contributed by atoms with Gasteiger partial charge in [0.2, 0.25) is 0 Å². The van der Waals surface area contributed by atoms with E-state index in [4.69, 9.17) is 9.57 Å². The normalized spacial score (nSPS) is 11.6. The van der Waals surface area contributed by atoms with E-state index in [1.165, 1.54) is 42.0 Å². The molecule has 0 bridgehead atoms. The summed E-state index contributed by atoms with van der Waals surface area (Å²) in [4.78, 5) is 21.0. The van der Waals surface area contributed by atoms with Gasteiger partial charge in [-0.2, -0.15) is 8.42 Å². The maximum Gasteiger partial charge on any atom is 0.287 e. The van der Waals surface area contributed by atoms with Crippen molar-refractivity contribution in [1.29, 1.82) is 0 Å².